The Morgan fingerprint density at radius 1 is 1.21 bits per heavy atom. The van der Waals surface area contributed by atoms with E-state index in [-0.39, 0.29) is 11.3 Å². The Labute approximate surface area is 160 Å². The molecule has 2 amide bonds. The Hall–Kier alpha value is -3.82. The van der Waals surface area contributed by atoms with E-state index in [2.05, 4.69) is 10.9 Å². The summed E-state index contributed by atoms with van der Waals surface area (Å²) in [6.07, 6.45) is 3.12. The van der Waals surface area contributed by atoms with Crippen molar-refractivity contribution in [3.05, 3.63) is 57.8 Å². The van der Waals surface area contributed by atoms with E-state index >= 15 is 0 Å². The molecule has 28 heavy (non-hydrogen) atoms. The molecule has 0 aliphatic rings. The first-order chi connectivity index (χ1) is 13.4. The summed E-state index contributed by atoms with van der Waals surface area (Å²) in [6.45, 7) is 2.49. The maximum absolute atomic E-state index is 12.2. The maximum atomic E-state index is 12.2. The van der Waals surface area contributed by atoms with Gasteiger partial charge in [0.15, 0.2) is 11.5 Å². The standard InChI is InChI=1S/C18H19N3O7/c1-3-10-27-14-7-4-12(11-15(14)26-2)18(23)20-19-16(22)8-5-13-6-9-17(28-13)21(24)25/h4-9,11H,3,10H2,1-2H3,(H,19,22)(H,20,23)/b8-5+. The van der Waals surface area contributed by atoms with Crippen LogP contribution in [-0.2, 0) is 4.79 Å². The van der Waals surface area contributed by atoms with Crippen molar-refractivity contribution in [2.75, 3.05) is 13.7 Å². The second-order valence-electron chi connectivity index (χ2n) is 5.42. The van der Waals surface area contributed by atoms with Gasteiger partial charge in [-0.25, -0.2) is 0 Å². The van der Waals surface area contributed by atoms with Gasteiger partial charge in [-0.3, -0.25) is 30.6 Å². The van der Waals surface area contributed by atoms with Crippen LogP contribution in [0.3, 0.4) is 0 Å². The number of furan rings is 1. The minimum absolute atomic E-state index is 0.126. The molecule has 2 rings (SSSR count). The van der Waals surface area contributed by atoms with Gasteiger partial charge in [0.2, 0.25) is 0 Å². The highest BCUT2D eigenvalue weighted by Gasteiger charge is 2.12. The van der Waals surface area contributed by atoms with E-state index in [9.17, 15) is 19.7 Å². The number of carbonyl (C=O) groups excluding carboxylic acids is 2. The molecule has 0 saturated heterocycles. The predicted octanol–water partition coefficient (Wildman–Crippen LogP) is 2.46. The summed E-state index contributed by atoms with van der Waals surface area (Å²) in [4.78, 5) is 33.7. The molecule has 1 heterocycles. The van der Waals surface area contributed by atoms with Crippen molar-refractivity contribution in [3.63, 3.8) is 0 Å². The van der Waals surface area contributed by atoms with Gasteiger partial charge in [0.1, 0.15) is 10.7 Å². The molecule has 0 saturated carbocycles. The van der Waals surface area contributed by atoms with Crippen molar-refractivity contribution in [3.8, 4) is 11.5 Å². The molecule has 2 N–H and O–H groups in total. The molecule has 10 heteroatoms. The smallest absolute Gasteiger partial charge is 0.433 e. The van der Waals surface area contributed by atoms with E-state index in [0.29, 0.717) is 18.1 Å². The number of amides is 2. The third-order valence-corrected chi connectivity index (χ3v) is 3.38. The highest BCUT2D eigenvalue weighted by molar-refractivity contribution is 5.98. The summed E-state index contributed by atoms with van der Waals surface area (Å²) < 4.78 is 15.6. The van der Waals surface area contributed by atoms with Gasteiger partial charge in [0.05, 0.1) is 19.8 Å². The number of rotatable bonds is 8. The van der Waals surface area contributed by atoms with E-state index in [1.165, 1.54) is 37.5 Å². The lowest BCUT2D eigenvalue weighted by Gasteiger charge is -2.11. The first-order valence-electron chi connectivity index (χ1n) is 8.28. The largest absolute Gasteiger partial charge is 0.493 e. The van der Waals surface area contributed by atoms with Crippen molar-refractivity contribution in [1.29, 1.82) is 0 Å². The number of hydrogen-bond acceptors (Lipinski definition) is 7. The summed E-state index contributed by atoms with van der Waals surface area (Å²) in [5, 5.41) is 10.5. The van der Waals surface area contributed by atoms with Crippen LogP contribution in [0.4, 0.5) is 5.88 Å². The molecule has 0 fully saturated rings. The minimum atomic E-state index is -0.690. The van der Waals surface area contributed by atoms with E-state index in [1.807, 2.05) is 6.92 Å². The topological polar surface area (TPSA) is 133 Å². The second kappa shape index (κ2) is 9.76. The lowest BCUT2D eigenvalue weighted by molar-refractivity contribution is -0.402. The number of nitrogens with zero attached hydrogens (tertiary/aromatic N) is 1. The Balaban J connectivity index is 1.92. The van der Waals surface area contributed by atoms with Gasteiger partial charge in [0.25, 0.3) is 11.8 Å². The van der Waals surface area contributed by atoms with Crippen LogP contribution in [0.2, 0.25) is 0 Å². The van der Waals surface area contributed by atoms with Crippen LogP contribution in [0.25, 0.3) is 6.08 Å². The fraction of sp³-hybridized carbons (Fsp3) is 0.222. The Morgan fingerprint density at radius 2 is 2.00 bits per heavy atom. The van der Waals surface area contributed by atoms with Crippen LogP contribution in [0.5, 0.6) is 11.5 Å². The average Bonchev–Trinajstić information content (AvgIpc) is 3.18. The molecule has 0 spiro atoms. The summed E-state index contributed by atoms with van der Waals surface area (Å²) in [5.74, 6) is -0.612. The van der Waals surface area contributed by atoms with E-state index in [4.69, 9.17) is 13.9 Å². The number of nitro groups is 1. The molecule has 148 valence electrons. The maximum Gasteiger partial charge on any atom is 0.433 e. The normalized spacial score (nSPS) is 10.5. The van der Waals surface area contributed by atoms with Crippen LogP contribution < -0.4 is 20.3 Å². The second-order valence-corrected chi connectivity index (χ2v) is 5.42. The molecule has 0 unspecified atom stereocenters. The fourth-order valence-electron chi connectivity index (χ4n) is 2.06. The number of carbonyl (C=O) groups is 2. The third kappa shape index (κ3) is 5.59. The summed E-state index contributed by atoms with van der Waals surface area (Å²) in [5.41, 5.74) is 4.70. The number of hydrogen-bond donors (Lipinski definition) is 2. The van der Waals surface area contributed by atoms with Gasteiger partial charge in [-0.05, 0) is 36.8 Å². The number of ether oxygens (including phenoxy) is 2. The monoisotopic (exact) mass is 389 g/mol. The lowest BCUT2D eigenvalue weighted by atomic mass is 10.2. The van der Waals surface area contributed by atoms with Gasteiger partial charge in [0, 0.05) is 11.6 Å². The lowest BCUT2D eigenvalue weighted by Crippen LogP contribution is -2.40. The Morgan fingerprint density at radius 3 is 2.64 bits per heavy atom. The molecular weight excluding hydrogens is 370 g/mol. The van der Waals surface area contributed by atoms with Gasteiger partial charge >= 0.3 is 5.88 Å². The van der Waals surface area contributed by atoms with Crippen molar-refractivity contribution >= 4 is 23.8 Å². The van der Waals surface area contributed by atoms with Crippen LogP contribution in [-0.4, -0.2) is 30.5 Å². The van der Waals surface area contributed by atoms with E-state index in [0.717, 1.165) is 12.5 Å². The SMILES string of the molecule is CCCOc1ccc(C(=O)NNC(=O)/C=C/c2ccc([N+](=O)[O-])o2)cc1OC. The van der Waals surface area contributed by atoms with E-state index < -0.39 is 22.6 Å². The van der Waals surface area contributed by atoms with Gasteiger partial charge in [-0.2, -0.15) is 0 Å². The van der Waals surface area contributed by atoms with Crippen molar-refractivity contribution in [1.82, 2.24) is 10.9 Å². The molecule has 0 radical (unpaired) electrons. The summed E-state index contributed by atoms with van der Waals surface area (Å²) >= 11 is 0. The number of nitrogens with one attached hydrogen (secondary N) is 2. The van der Waals surface area contributed by atoms with Crippen molar-refractivity contribution in [2.45, 2.75) is 13.3 Å². The molecule has 0 aliphatic heterocycles. The molecule has 0 aliphatic carbocycles. The quantitative estimate of drug-likeness (QED) is 0.402. The summed E-state index contributed by atoms with van der Waals surface area (Å²) in [6, 6.07) is 7.14. The van der Waals surface area contributed by atoms with Crippen LogP contribution in [0, 0.1) is 10.1 Å². The van der Waals surface area contributed by atoms with Gasteiger partial charge in [-0.1, -0.05) is 6.92 Å². The van der Waals surface area contributed by atoms with Crippen molar-refractivity contribution < 1.29 is 28.4 Å². The average molecular weight is 389 g/mol. The van der Waals surface area contributed by atoms with Crippen LogP contribution >= 0.6 is 0 Å². The molecule has 1 aromatic carbocycles. The minimum Gasteiger partial charge on any atom is -0.493 e. The highest BCUT2D eigenvalue weighted by Crippen LogP contribution is 2.28. The Bertz CT molecular complexity index is 889. The molecule has 1 aromatic heterocycles. The fourth-order valence-corrected chi connectivity index (χ4v) is 2.06. The number of methoxy groups -OCH3 is 1. The molecule has 2 aromatic rings. The first kappa shape index (κ1) is 20.5. The number of hydrazine groups is 1. The van der Waals surface area contributed by atoms with Crippen molar-refractivity contribution in [2.24, 2.45) is 0 Å². The zero-order valence-electron chi connectivity index (χ0n) is 15.3. The molecule has 0 bridgehead atoms. The van der Waals surface area contributed by atoms with Crippen LogP contribution in [0.1, 0.15) is 29.5 Å². The summed E-state index contributed by atoms with van der Waals surface area (Å²) in [7, 11) is 1.46. The first-order valence-corrected chi connectivity index (χ1v) is 8.28. The van der Waals surface area contributed by atoms with Gasteiger partial charge in [-0.15, -0.1) is 0 Å². The van der Waals surface area contributed by atoms with E-state index in [1.54, 1.807) is 6.07 Å². The van der Waals surface area contributed by atoms with Crippen LogP contribution in [0.15, 0.2) is 40.8 Å². The highest BCUT2D eigenvalue weighted by atomic mass is 16.6. The predicted molar refractivity (Wildman–Crippen MR) is 98.8 cm³/mol. The molecular formula is C18H19N3O7. The zero-order chi connectivity index (χ0) is 20.5. The molecule has 10 nitrogen and oxygen atoms in total. The Kier molecular flexibility index (Phi) is 7.14. The molecule has 0 atom stereocenters. The zero-order valence-corrected chi connectivity index (χ0v) is 15.3. The van der Waals surface area contributed by atoms with Gasteiger partial charge < -0.3 is 13.9 Å². The third-order valence-electron chi connectivity index (χ3n) is 3.38. The number of benzene rings is 1.